The number of amides is 3. The van der Waals surface area contributed by atoms with Crippen LogP contribution in [0.1, 0.15) is 44.9 Å². The second kappa shape index (κ2) is 7.66. The van der Waals surface area contributed by atoms with E-state index in [0.29, 0.717) is 32.2 Å². The molecule has 3 amide bonds. The van der Waals surface area contributed by atoms with Gasteiger partial charge >= 0.3 is 0 Å². The van der Waals surface area contributed by atoms with Gasteiger partial charge in [-0.15, -0.1) is 6.42 Å². The van der Waals surface area contributed by atoms with Gasteiger partial charge in [0.1, 0.15) is 11.6 Å². The Labute approximate surface area is 163 Å². The van der Waals surface area contributed by atoms with E-state index < -0.39 is 35.4 Å². The highest BCUT2D eigenvalue weighted by atomic mass is 19.3. The third-order valence-corrected chi connectivity index (χ3v) is 5.96. The molecule has 1 unspecified atom stereocenters. The first kappa shape index (κ1) is 20.5. The summed E-state index contributed by atoms with van der Waals surface area (Å²) in [5.74, 6) is -1.55. The van der Waals surface area contributed by atoms with E-state index in [2.05, 4.69) is 11.2 Å². The van der Waals surface area contributed by atoms with Crippen LogP contribution in [-0.4, -0.2) is 70.7 Å². The van der Waals surface area contributed by atoms with E-state index in [1.807, 2.05) is 4.90 Å². The Bertz CT molecular complexity index is 692. The largest absolute Gasteiger partial charge is 0.370 e. The van der Waals surface area contributed by atoms with Crippen molar-refractivity contribution in [2.75, 3.05) is 19.6 Å². The van der Waals surface area contributed by atoms with Gasteiger partial charge in [-0.2, -0.15) is 0 Å². The molecule has 1 aliphatic carbocycles. The Morgan fingerprint density at radius 1 is 1.18 bits per heavy atom. The molecular formula is C19H26F2N4O3. The van der Waals surface area contributed by atoms with Gasteiger partial charge in [-0.05, 0) is 25.7 Å². The number of nitrogens with one attached hydrogen (secondary N) is 1. The van der Waals surface area contributed by atoms with Crippen LogP contribution in [-0.2, 0) is 14.4 Å². The van der Waals surface area contributed by atoms with Gasteiger partial charge in [-0.3, -0.25) is 19.3 Å². The lowest BCUT2D eigenvalue weighted by Crippen LogP contribution is -2.57. The number of rotatable bonds is 6. The maximum atomic E-state index is 13.5. The highest BCUT2D eigenvalue weighted by molar-refractivity contribution is 5.94. The molecule has 1 saturated carbocycles. The molecule has 0 radical (unpaired) electrons. The van der Waals surface area contributed by atoms with Crippen molar-refractivity contribution in [3.63, 3.8) is 0 Å². The van der Waals surface area contributed by atoms with Crippen LogP contribution < -0.4 is 11.1 Å². The van der Waals surface area contributed by atoms with Crippen LogP contribution >= 0.6 is 0 Å². The topological polar surface area (TPSA) is 95.7 Å². The molecule has 9 heteroatoms. The Morgan fingerprint density at radius 3 is 2.36 bits per heavy atom. The maximum absolute atomic E-state index is 13.5. The SMILES string of the molecule is C#C[C@H](CC(N)=O)NC(=O)C1CCCN1C(=O)C1(N2CCC(F)(F)CC2)CC1. The molecule has 3 N–H and O–H groups in total. The number of terminal acetylenes is 1. The van der Waals surface area contributed by atoms with E-state index in [1.54, 1.807) is 4.90 Å². The molecule has 2 atom stereocenters. The number of carbonyl (C=O) groups is 3. The Hall–Kier alpha value is -2.21. The monoisotopic (exact) mass is 396 g/mol. The van der Waals surface area contributed by atoms with Gasteiger partial charge < -0.3 is 16.0 Å². The van der Waals surface area contributed by atoms with Crippen molar-refractivity contribution < 1.29 is 23.2 Å². The fourth-order valence-corrected chi connectivity index (χ4v) is 4.22. The molecule has 2 aliphatic heterocycles. The van der Waals surface area contributed by atoms with Crippen molar-refractivity contribution in [1.82, 2.24) is 15.1 Å². The summed E-state index contributed by atoms with van der Waals surface area (Å²) in [5.41, 5.74) is 4.38. The first-order chi connectivity index (χ1) is 13.2. The number of likely N-dealkylation sites (tertiary alicyclic amines) is 2. The van der Waals surface area contributed by atoms with Gasteiger partial charge in [-0.1, -0.05) is 5.92 Å². The lowest BCUT2D eigenvalue weighted by atomic mass is 10.0. The quantitative estimate of drug-likeness (QED) is 0.629. The average molecular weight is 396 g/mol. The summed E-state index contributed by atoms with van der Waals surface area (Å²) in [6.45, 7) is 0.807. The molecule has 3 aliphatic rings. The van der Waals surface area contributed by atoms with Crippen LogP contribution in [0.5, 0.6) is 0 Å². The second-order valence-corrected chi connectivity index (χ2v) is 7.93. The average Bonchev–Trinajstić information content (AvgIpc) is 3.28. The summed E-state index contributed by atoms with van der Waals surface area (Å²) < 4.78 is 27.0. The van der Waals surface area contributed by atoms with Crippen molar-refractivity contribution in [3.8, 4) is 12.3 Å². The highest BCUT2D eigenvalue weighted by Crippen LogP contribution is 2.47. The molecule has 7 nitrogen and oxygen atoms in total. The van der Waals surface area contributed by atoms with Crippen molar-refractivity contribution >= 4 is 17.7 Å². The molecule has 2 heterocycles. The summed E-state index contributed by atoms with van der Waals surface area (Å²) in [6, 6.07) is -1.48. The molecule has 3 rings (SSSR count). The Kier molecular flexibility index (Phi) is 5.62. The minimum atomic E-state index is -2.67. The van der Waals surface area contributed by atoms with Crippen LogP contribution in [0, 0.1) is 12.3 Å². The lowest BCUT2D eigenvalue weighted by Gasteiger charge is -2.39. The molecule has 0 aromatic rings. The molecule has 2 saturated heterocycles. The van der Waals surface area contributed by atoms with Crippen LogP contribution in [0.15, 0.2) is 0 Å². The molecule has 0 bridgehead atoms. The summed E-state index contributed by atoms with van der Waals surface area (Å²) >= 11 is 0. The van der Waals surface area contributed by atoms with E-state index in [9.17, 15) is 23.2 Å². The third-order valence-electron chi connectivity index (χ3n) is 5.96. The molecule has 0 aromatic heterocycles. The summed E-state index contributed by atoms with van der Waals surface area (Å²) in [7, 11) is 0. The van der Waals surface area contributed by atoms with Crippen LogP contribution in [0.3, 0.4) is 0 Å². The number of piperidine rings is 1. The zero-order valence-corrected chi connectivity index (χ0v) is 15.8. The first-order valence-corrected chi connectivity index (χ1v) is 9.67. The Morgan fingerprint density at radius 2 is 1.82 bits per heavy atom. The van der Waals surface area contributed by atoms with E-state index in [0.717, 1.165) is 0 Å². The number of primary amides is 1. The number of nitrogens with zero attached hydrogens (tertiary/aromatic N) is 2. The number of nitrogens with two attached hydrogens (primary N) is 1. The zero-order chi connectivity index (χ0) is 20.5. The number of hydrogen-bond acceptors (Lipinski definition) is 4. The number of carbonyl (C=O) groups excluding carboxylic acids is 3. The van der Waals surface area contributed by atoms with E-state index in [4.69, 9.17) is 12.2 Å². The van der Waals surface area contributed by atoms with Crippen molar-refractivity contribution in [2.24, 2.45) is 5.73 Å². The van der Waals surface area contributed by atoms with E-state index >= 15 is 0 Å². The molecule has 3 fully saturated rings. The number of alkyl halides is 2. The zero-order valence-electron chi connectivity index (χ0n) is 15.8. The first-order valence-electron chi connectivity index (χ1n) is 9.67. The minimum absolute atomic E-state index is 0.164. The predicted molar refractivity (Wildman–Crippen MR) is 97.0 cm³/mol. The van der Waals surface area contributed by atoms with Crippen molar-refractivity contribution in [2.45, 2.75) is 68.5 Å². The number of halogens is 2. The van der Waals surface area contributed by atoms with E-state index in [-0.39, 0.29) is 38.3 Å². The molecule has 154 valence electrons. The highest BCUT2D eigenvalue weighted by Gasteiger charge is 2.59. The third kappa shape index (κ3) is 4.12. The molecule has 0 spiro atoms. The molecule has 28 heavy (non-hydrogen) atoms. The molecule has 0 aromatic carbocycles. The van der Waals surface area contributed by atoms with Crippen LogP contribution in [0.25, 0.3) is 0 Å². The van der Waals surface area contributed by atoms with Gasteiger partial charge in [-0.25, -0.2) is 8.78 Å². The van der Waals surface area contributed by atoms with Gasteiger partial charge in [0, 0.05) is 32.5 Å². The summed E-state index contributed by atoms with van der Waals surface area (Å²) in [5, 5.41) is 2.60. The fourth-order valence-electron chi connectivity index (χ4n) is 4.22. The van der Waals surface area contributed by atoms with Crippen LogP contribution in [0.2, 0.25) is 0 Å². The van der Waals surface area contributed by atoms with Gasteiger partial charge in [0.05, 0.1) is 12.5 Å². The summed E-state index contributed by atoms with van der Waals surface area (Å²) in [4.78, 5) is 40.4. The Balaban J connectivity index is 1.65. The van der Waals surface area contributed by atoms with Gasteiger partial charge in [0.15, 0.2) is 0 Å². The van der Waals surface area contributed by atoms with Crippen LogP contribution in [0.4, 0.5) is 8.78 Å². The maximum Gasteiger partial charge on any atom is 0.250 e. The van der Waals surface area contributed by atoms with Crippen molar-refractivity contribution in [1.29, 1.82) is 0 Å². The fraction of sp³-hybridized carbons (Fsp3) is 0.737. The normalized spacial score (nSPS) is 26.9. The van der Waals surface area contributed by atoms with Crippen molar-refractivity contribution in [3.05, 3.63) is 0 Å². The second-order valence-electron chi connectivity index (χ2n) is 7.93. The summed E-state index contributed by atoms with van der Waals surface area (Å²) in [6.07, 6.45) is 7.09. The molecular weight excluding hydrogens is 370 g/mol. The minimum Gasteiger partial charge on any atom is -0.370 e. The lowest BCUT2D eigenvalue weighted by molar-refractivity contribution is -0.147. The van der Waals surface area contributed by atoms with E-state index in [1.165, 1.54) is 0 Å². The number of hydrogen-bond donors (Lipinski definition) is 2. The van der Waals surface area contributed by atoms with Gasteiger partial charge in [0.2, 0.25) is 17.7 Å². The predicted octanol–water partition coefficient (Wildman–Crippen LogP) is 0.234. The van der Waals surface area contributed by atoms with Gasteiger partial charge in [0.25, 0.3) is 5.92 Å². The standard InChI is InChI=1S/C19H26F2N4O3/c1-2-13(12-15(22)26)23-16(27)14-4-3-9-25(14)17(28)18(5-6-18)24-10-7-19(20,21)8-11-24/h1,13-14H,3-12H2,(H2,22,26)(H,23,27)/t13-,14?/m1/s1. The smallest absolute Gasteiger partial charge is 0.250 e.